The molecule has 3 rings (SSSR count). The maximum Gasteiger partial charge on any atom is 0.490 e. The van der Waals surface area contributed by atoms with E-state index in [0.29, 0.717) is 22.0 Å². The Morgan fingerprint density at radius 2 is 1.77 bits per heavy atom. The number of alkyl halides is 3. The number of rotatable bonds is 3. The van der Waals surface area contributed by atoms with Crippen LogP contribution in [0.1, 0.15) is 26.4 Å². The van der Waals surface area contributed by atoms with Crippen LogP contribution in [0.2, 0.25) is 10.0 Å². The van der Waals surface area contributed by atoms with Gasteiger partial charge >= 0.3 is 18.1 Å². The summed E-state index contributed by atoms with van der Waals surface area (Å²) >= 11 is 14.0. The second-order valence-corrected chi connectivity index (χ2v) is 8.15. The molecule has 0 aliphatic heterocycles. The van der Waals surface area contributed by atoms with E-state index in [1.165, 1.54) is 17.6 Å². The predicted molar refractivity (Wildman–Crippen MR) is 111 cm³/mol. The lowest BCUT2D eigenvalue weighted by molar-refractivity contribution is -0.192. The number of thiophene rings is 1. The lowest BCUT2D eigenvalue weighted by atomic mass is 10.0. The van der Waals surface area contributed by atoms with Crippen LogP contribution in [0, 0.1) is 6.92 Å². The fourth-order valence-electron chi connectivity index (χ4n) is 2.59. The van der Waals surface area contributed by atoms with Gasteiger partial charge in [-0.3, -0.25) is 0 Å². The molecule has 0 aliphatic rings. The van der Waals surface area contributed by atoms with Crippen molar-refractivity contribution in [1.29, 1.82) is 0 Å². The minimum atomic E-state index is -5.08. The number of carbonyl (C=O) groups is 2. The number of esters is 1. The lowest BCUT2D eigenvalue weighted by Gasteiger charge is -2.06. The second-order valence-electron chi connectivity index (χ2n) is 6.05. The molecule has 0 amide bonds. The van der Waals surface area contributed by atoms with Gasteiger partial charge in [0.1, 0.15) is 0 Å². The number of hydrogen-bond acceptors (Lipinski definition) is 4. The van der Waals surface area contributed by atoms with Gasteiger partial charge in [-0.25, -0.2) is 9.59 Å². The minimum Gasteiger partial charge on any atom is -0.475 e. The highest BCUT2D eigenvalue weighted by Crippen LogP contribution is 2.35. The maximum atomic E-state index is 11.8. The number of carboxylic acid groups (broad SMARTS) is 1. The van der Waals surface area contributed by atoms with Crippen molar-refractivity contribution in [1.82, 2.24) is 0 Å². The topological polar surface area (TPSA) is 63.6 Å². The van der Waals surface area contributed by atoms with Gasteiger partial charge in [-0.15, -0.1) is 11.3 Å². The van der Waals surface area contributed by atoms with Crippen LogP contribution in [0.15, 0.2) is 36.4 Å². The van der Waals surface area contributed by atoms with Crippen molar-refractivity contribution in [3.05, 3.63) is 68.0 Å². The van der Waals surface area contributed by atoms with E-state index in [1.54, 1.807) is 23.5 Å². The Bertz CT molecular complexity index is 1090. The molecule has 0 spiro atoms. The van der Waals surface area contributed by atoms with Gasteiger partial charge < -0.3 is 9.84 Å². The Balaban J connectivity index is 0.000000396. The molecule has 0 radical (unpaired) electrons. The predicted octanol–water partition coefficient (Wildman–Crippen LogP) is 6.53. The number of carbonyl (C=O) groups excluding carboxylic acids is 1. The molecule has 1 aromatic heterocycles. The number of aliphatic carboxylic acids is 1. The van der Waals surface area contributed by atoms with Gasteiger partial charge in [0, 0.05) is 26.0 Å². The van der Waals surface area contributed by atoms with E-state index < -0.39 is 12.1 Å². The highest BCUT2D eigenvalue weighted by Gasteiger charge is 2.38. The highest BCUT2D eigenvalue weighted by molar-refractivity contribution is 7.19. The van der Waals surface area contributed by atoms with Gasteiger partial charge in [0.15, 0.2) is 0 Å². The monoisotopic (exact) mass is 478 g/mol. The summed E-state index contributed by atoms with van der Waals surface area (Å²) in [5.41, 5.74) is 2.75. The highest BCUT2D eigenvalue weighted by atomic mass is 35.5. The number of methoxy groups -OCH3 is 1. The van der Waals surface area contributed by atoms with Crippen LogP contribution < -0.4 is 0 Å². The van der Waals surface area contributed by atoms with Crippen molar-refractivity contribution >= 4 is 56.6 Å². The summed E-state index contributed by atoms with van der Waals surface area (Å²) in [4.78, 5) is 21.9. The largest absolute Gasteiger partial charge is 0.490 e. The summed E-state index contributed by atoms with van der Waals surface area (Å²) in [5, 5.41) is 9.47. The minimum absolute atomic E-state index is 0.328. The molecule has 0 unspecified atom stereocenters. The molecule has 0 saturated heterocycles. The van der Waals surface area contributed by atoms with E-state index in [1.807, 2.05) is 24.3 Å². The second kappa shape index (κ2) is 9.68. The number of ether oxygens (including phenoxy) is 1. The fourth-order valence-corrected chi connectivity index (χ4v) is 4.13. The van der Waals surface area contributed by atoms with Gasteiger partial charge in [-0.1, -0.05) is 29.3 Å². The Kier molecular flexibility index (Phi) is 7.74. The quantitative estimate of drug-likeness (QED) is 0.434. The molecule has 3 aromatic rings. The molecule has 0 bridgehead atoms. The van der Waals surface area contributed by atoms with E-state index in [2.05, 4.69) is 6.92 Å². The third kappa shape index (κ3) is 5.87. The third-order valence-corrected chi connectivity index (χ3v) is 5.75. The molecule has 0 aliphatic carbocycles. The first-order valence-electron chi connectivity index (χ1n) is 8.28. The summed E-state index contributed by atoms with van der Waals surface area (Å²) in [6.45, 7) is 2.08. The SMILES string of the molecule is COC(=O)c1ccc2sc(C)c(Cc3ccc(Cl)cc3Cl)c2c1.O=C(O)C(F)(F)F. The molecular weight excluding hydrogens is 464 g/mol. The van der Waals surface area contributed by atoms with Crippen molar-refractivity contribution < 1.29 is 32.6 Å². The molecule has 30 heavy (non-hydrogen) atoms. The van der Waals surface area contributed by atoms with E-state index in [9.17, 15) is 18.0 Å². The van der Waals surface area contributed by atoms with Crippen LogP contribution in [-0.2, 0) is 16.0 Å². The molecule has 2 aromatic carbocycles. The number of halogens is 5. The zero-order valence-corrected chi connectivity index (χ0v) is 18.0. The van der Waals surface area contributed by atoms with Crippen LogP contribution in [-0.4, -0.2) is 30.3 Å². The average molecular weight is 479 g/mol. The van der Waals surface area contributed by atoms with Gasteiger partial charge in [0.2, 0.25) is 0 Å². The molecule has 0 atom stereocenters. The Hall–Kier alpha value is -2.29. The van der Waals surface area contributed by atoms with E-state index >= 15 is 0 Å². The summed E-state index contributed by atoms with van der Waals surface area (Å²) < 4.78 is 37.7. The zero-order valence-electron chi connectivity index (χ0n) is 15.6. The summed E-state index contributed by atoms with van der Waals surface area (Å²) in [5.74, 6) is -3.08. The molecule has 1 N–H and O–H groups in total. The van der Waals surface area contributed by atoms with E-state index in [0.717, 1.165) is 15.6 Å². The van der Waals surface area contributed by atoms with Crippen molar-refractivity contribution in [2.24, 2.45) is 0 Å². The smallest absolute Gasteiger partial charge is 0.475 e. The van der Waals surface area contributed by atoms with Crippen LogP contribution in [0.5, 0.6) is 0 Å². The fraction of sp³-hybridized carbons (Fsp3) is 0.200. The number of hydrogen-bond donors (Lipinski definition) is 1. The zero-order chi connectivity index (χ0) is 22.6. The maximum absolute atomic E-state index is 11.8. The van der Waals surface area contributed by atoms with E-state index in [4.69, 9.17) is 37.8 Å². The standard InChI is InChI=1S/C18H14Cl2O2S.C2HF3O2/c1-10-14(7-11-3-5-13(19)9-16(11)20)15-8-12(18(21)22-2)4-6-17(15)23-10;3-2(4,5)1(6)7/h3-6,8-9H,7H2,1-2H3;(H,6,7). The normalized spacial score (nSPS) is 11.0. The lowest BCUT2D eigenvalue weighted by Crippen LogP contribution is -2.21. The summed E-state index contributed by atoms with van der Waals surface area (Å²) in [6.07, 6.45) is -4.38. The molecule has 160 valence electrons. The third-order valence-electron chi connectivity index (χ3n) is 4.04. The Labute approximate surface area is 183 Å². The summed E-state index contributed by atoms with van der Waals surface area (Å²) in [6, 6.07) is 11.2. The van der Waals surface area contributed by atoms with Crippen molar-refractivity contribution in [2.45, 2.75) is 19.5 Å². The summed E-state index contributed by atoms with van der Waals surface area (Å²) in [7, 11) is 1.39. The Morgan fingerprint density at radius 1 is 1.13 bits per heavy atom. The molecule has 1 heterocycles. The number of fused-ring (bicyclic) bond motifs is 1. The van der Waals surface area contributed by atoms with Gasteiger partial charge in [-0.05, 0) is 53.8 Å². The first-order chi connectivity index (χ1) is 13.9. The van der Waals surface area contributed by atoms with E-state index in [-0.39, 0.29) is 5.97 Å². The van der Waals surface area contributed by atoms with Crippen LogP contribution in [0.4, 0.5) is 13.2 Å². The van der Waals surface area contributed by atoms with Crippen molar-refractivity contribution in [3.63, 3.8) is 0 Å². The molecule has 4 nitrogen and oxygen atoms in total. The number of carboxylic acids is 1. The van der Waals surface area contributed by atoms with Crippen LogP contribution in [0.3, 0.4) is 0 Å². The van der Waals surface area contributed by atoms with Gasteiger partial charge in [0.05, 0.1) is 12.7 Å². The van der Waals surface area contributed by atoms with Crippen molar-refractivity contribution in [2.75, 3.05) is 7.11 Å². The number of benzene rings is 2. The molecule has 10 heteroatoms. The number of aryl methyl sites for hydroxylation is 1. The first-order valence-corrected chi connectivity index (χ1v) is 9.85. The molecule has 0 saturated carbocycles. The van der Waals surface area contributed by atoms with Gasteiger partial charge in [0.25, 0.3) is 0 Å². The molecular formula is C20H15Cl2F3O4S. The average Bonchev–Trinajstić information content (AvgIpc) is 2.97. The van der Waals surface area contributed by atoms with Gasteiger partial charge in [-0.2, -0.15) is 13.2 Å². The first kappa shape index (κ1) is 24.0. The Morgan fingerprint density at radius 3 is 2.30 bits per heavy atom. The van der Waals surface area contributed by atoms with Crippen LogP contribution >= 0.6 is 34.5 Å². The van der Waals surface area contributed by atoms with Crippen LogP contribution in [0.25, 0.3) is 10.1 Å². The molecule has 0 fully saturated rings. The van der Waals surface area contributed by atoms with Crippen molar-refractivity contribution in [3.8, 4) is 0 Å².